The van der Waals surface area contributed by atoms with E-state index in [2.05, 4.69) is 4.90 Å². The van der Waals surface area contributed by atoms with Crippen molar-refractivity contribution in [3.8, 4) is 5.75 Å². The summed E-state index contributed by atoms with van der Waals surface area (Å²) in [5, 5.41) is 0.657. The first-order chi connectivity index (χ1) is 19.1. The second-order valence-electron chi connectivity index (χ2n) is 9.38. The molecule has 0 radical (unpaired) electrons. The third-order valence-electron chi connectivity index (χ3n) is 6.76. The number of nitrogens with zero attached hydrogens (tertiary/aromatic N) is 2. The lowest BCUT2D eigenvalue weighted by Gasteiger charge is -2.28. The van der Waals surface area contributed by atoms with Crippen LogP contribution >= 0.6 is 34.8 Å². The predicted molar refractivity (Wildman–Crippen MR) is 159 cm³/mol. The summed E-state index contributed by atoms with van der Waals surface area (Å²) in [6.45, 7) is 6.48. The van der Waals surface area contributed by atoms with Crippen LogP contribution in [-0.2, 0) is 21.4 Å². The number of amides is 1. The number of carbonyl (C=O) groups is 1. The fourth-order valence-electron chi connectivity index (χ4n) is 4.60. The molecule has 0 aliphatic carbocycles. The summed E-state index contributed by atoms with van der Waals surface area (Å²) in [7, 11) is -4.28. The highest BCUT2D eigenvalue weighted by Gasteiger charge is 2.27. The number of carbonyl (C=O) groups excluding carboxylic acids is 1. The summed E-state index contributed by atoms with van der Waals surface area (Å²) in [6.07, 6.45) is 1.60. The van der Waals surface area contributed by atoms with Crippen molar-refractivity contribution >= 4 is 56.5 Å². The Morgan fingerprint density at radius 1 is 0.975 bits per heavy atom. The van der Waals surface area contributed by atoms with Crippen LogP contribution in [-0.4, -0.2) is 51.6 Å². The lowest BCUT2D eigenvalue weighted by atomic mass is 10.1. The molecule has 0 bridgehead atoms. The molecule has 4 rings (SSSR count). The van der Waals surface area contributed by atoms with Crippen LogP contribution in [0.5, 0.6) is 5.75 Å². The number of hydrogen-bond acceptors (Lipinski definition) is 6. The average molecular weight is 626 g/mol. The minimum absolute atomic E-state index is 0.0780. The van der Waals surface area contributed by atoms with Gasteiger partial charge in [0.05, 0.1) is 26.7 Å². The van der Waals surface area contributed by atoms with Gasteiger partial charge in [0.15, 0.2) is 0 Å². The van der Waals surface area contributed by atoms with Crippen LogP contribution in [0.2, 0.25) is 15.1 Å². The molecular weight excluding hydrogens is 595 g/mol. The first kappa shape index (κ1) is 30.5. The van der Waals surface area contributed by atoms with Crippen LogP contribution in [0.4, 0.5) is 5.69 Å². The maximum Gasteiger partial charge on any atom is 0.339 e. The lowest BCUT2D eigenvalue weighted by Crippen LogP contribution is -2.37. The molecule has 1 amide bonds. The molecule has 40 heavy (non-hydrogen) atoms. The SMILES string of the molecule is CCN(CC)c1ccc(CN(C[C@@H]2CCCO2)C(=O)c2ccccc2Cl)c(OS(=O)(=O)c2ccc(Cl)c(Cl)c2)c1. The van der Waals surface area contributed by atoms with Crippen molar-refractivity contribution in [2.75, 3.05) is 31.1 Å². The van der Waals surface area contributed by atoms with Crippen molar-refractivity contribution in [1.82, 2.24) is 4.90 Å². The quantitative estimate of drug-likeness (QED) is 0.212. The van der Waals surface area contributed by atoms with E-state index < -0.39 is 10.1 Å². The number of ether oxygens (including phenoxy) is 1. The van der Waals surface area contributed by atoms with Gasteiger partial charge in [-0.2, -0.15) is 8.42 Å². The third kappa shape index (κ3) is 7.22. The summed E-state index contributed by atoms with van der Waals surface area (Å²) in [4.78, 5) is 17.3. The Labute approximate surface area is 250 Å². The van der Waals surface area contributed by atoms with Crippen molar-refractivity contribution in [3.05, 3.63) is 86.9 Å². The van der Waals surface area contributed by atoms with Crippen LogP contribution in [0.15, 0.2) is 65.6 Å². The number of rotatable bonds is 11. The van der Waals surface area contributed by atoms with Gasteiger partial charge in [0.1, 0.15) is 10.6 Å². The molecule has 0 N–H and O–H groups in total. The summed E-state index contributed by atoms with van der Waals surface area (Å²) >= 11 is 18.5. The van der Waals surface area contributed by atoms with E-state index in [-0.39, 0.29) is 39.2 Å². The Hall–Kier alpha value is -2.49. The van der Waals surface area contributed by atoms with Crippen molar-refractivity contribution in [1.29, 1.82) is 0 Å². The lowest BCUT2D eigenvalue weighted by molar-refractivity contribution is 0.0506. The number of anilines is 1. The fraction of sp³-hybridized carbons (Fsp3) is 0.345. The van der Waals surface area contributed by atoms with Gasteiger partial charge in [0.2, 0.25) is 0 Å². The van der Waals surface area contributed by atoms with E-state index in [4.69, 9.17) is 43.7 Å². The van der Waals surface area contributed by atoms with E-state index >= 15 is 0 Å². The van der Waals surface area contributed by atoms with Gasteiger partial charge in [-0.25, -0.2) is 0 Å². The van der Waals surface area contributed by atoms with Crippen LogP contribution in [0.3, 0.4) is 0 Å². The van der Waals surface area contributed by atoms with Crippen molar-refractivity contribution in [2.45, 2.75) is 44.2 Å². The van der Waals surface area contributed by atoms with E-state index in [1.165, 1.54) is 18.2 Å². The number of halogens is 3. The first-order valence-corrected chi connectivity index (χ1v) is 15.6. The minimum atomic E-state index is -4.28. The molecule has 1 fully saturated rings. The van der Waals surface area contributed by atoms with Crippen molar-refractivity contribution in [3.63, 3.8) is 0 Å². The minimum Gasteiger partial charge on any atom is -0.379 e. The molecule has 7 nitrogen and oxygen atoms in total. The summed E-state index contributed by atoms with van der Waals surface area (Å²) in [5.74, 6) is -0.174. The zero-order chi connectivity index (χ0) is 28.9. The third-order valence-corrected chi connectivity index (χ3v) is 9.06. The molecule has 1 aliphatic heterocycles. The molecule has 0 unspecified atom stereocenters. The topological polar surface area (TPSA) is 76.2 Å². The van der Waals surface area contributed by atoms with Gasteiger partial charge in [0, 0.05) is 50.1 Å². The average Bonchev–Trinajstić information content (AvgIpc) is 3.44. The zero-order valence-corrected chi connectivity index (χ0v) is 25.4. The van der Waals surface area contributed by atoms with Crippen LogP contribution in [0.1, 0.15) is 42.6 Å². The Morgan fingerprint density at radius 3 is 2.38 bits per heavy atom. The molecular formula is C29H31Cl3N2O5S. The second-order valence-corrected chi connectivity index (χ2v) is 12.1. The number of hydrogen-bond donors (Lipinski definition) is 0. The van der Waals surface area contributed by atoms with Crippen molar-refractivity contribution in [2.24, 2.45) is 0 Å². The van der Waals surface area contributed by atoms with Crippen molar-refractivity contribution < 1.29 is 22.1 Å². The van der Waals surface area contributed by atoms with Gasteiger partial charge in [-0.15, -0.1) is 0 Å². The number of benzene rings is 3. The normalized spacial score (nSPS) is 15.2. The van der Waals surface area contributed by atoms with Gasteiger partial charge in [0.25, 0.3) is 5.91 Å². The molecule has 0 spiro atoms. The van der Waals surface area contributed by atoms with E-state index in [0.717, 1.165) is 18.5 Å². The first-order valence-electron chi connectivity index (χ1n) is 13.1. The molecule has 214 valence electrons. The Morgan fingerprint density at radius 2 is 1.73 bits per heavy atom. The van der Waals surface area contributed by atoms with Gasteiger partial charge in [-0.1, -0.05) is 53.0 Å². The zero-order valence-electron chi connectivity index (χ0n) is 22.3. The second kappa shape index (κ2) is 13.4. The van der Waals surface area contributed by atoms with Gasteiger partial charge in [-0.05, 0) is 63.1 Å². The van der Waals surface area contributed by atoms with Crippen LogP contribution in [0.25, 0.3) is 0 Å². The Kier molecular flexibility index (Phi) is 10.2. The van der Waals surface area contributed by atoms with Crippen LogP contribution < -0.4 is 9.08 Å². The summed E-state index contributed by atoms with van der Waals surface area (Å²) < 4.78 is 38.2. The molecule has 1 atom stereocenters. The molecule has 3 aromatic rings. The van der Waals surface area contributed by atoms with E-state index in [1.54, 1.807) is 41.3 Å². The van der Waals surface area contributed by atoms with E-state index in [1.807, 2.05) is 19.9 Å². The molecule has 0 saturated carbocycles. The van der Waals surface area contributed by atoms with Crippen LogP contribution in [0, 0.1) is 0 Å². The maximum absolute atomic E-state index is 13.7. The maximum atomic E-state index is 13.7. The smallest absolute Gasteiger partial charge is 0.339 e. The van der Waals surface area contributed by atoms with Gasteiger partial charge < -0.3 is 18.7 Å². The Balaban J connectivity index is 1.74. The highest BCUT2D eigenvalue weighted by molar-refractivity contribution is 7.87. The highest BCUT2D eigenvalue weighted by atomic mass is 35.5. The fourth-order valence-corrected chi connectivity index (χ4v) is 6.16. The van der Waals surface area contributed by atoms with Gasteiger partial charge >= 0.3 is 10.1 Å². The standard InChI is InChI=1S/C29H31Cl3N2O5S/c1-3-33(4-2)21-12-11-20(28(16-21)39-40(36,37)23-13-14-26(31)27(32)17-23)18-34(19-22-8-7-15-38-22)29(35)24-9-5-6-10-25(24)30/h5-6,9-14,16-17,22H,3-4,7-8,15,18-19H2,1-2H3/t22-/m0/s1. The van der Waals surface area contributed by atoms with E-state index in [9.17, 15) is 13.2 Å². The molecule has 1 saturated heterocycles. The largest absolute Gasteiger partial charge is 0.379 e. The summed E-state index contributed by atoms with van der Waals surface area (Å²) in [6, 6.07) is 16.2. The molecule has 1 aliphatic rings. The molecule has 3 aromatic carbocycles. The van der Waals surface area contributed by atoms with Gasteiger partial charge in [-0.3, -0.25) is 4.79 Å². The molecule has 0 aromatic heterocycles. The summed E-state index contributed by atoms with van der Waals surface area (Å²) in [5.41, 5.74) is 1.65. The van der Waals surface area contributed by atoms with E-state index in [0.29, 0.717) is 42.4 Å². The Bertz CT molecular complexity index is 1460. The highest BCUT2D eigenvalue weighted by Crippen LogP contribution is 2.32. The monoisotopic (exact) mass is 624 g/mol. The predicted octanol–water partition coefficient (Wildman–Crippen LogP) is 7.08. The molecule has 1 heterocycles. The molecule has 11 heteroatoms.